The summed E-state index contributed by atoms with van der Waals surface area (Å²) in [6.45, 7) is 8.28. The molecule has 0 radical (unpaired) electrons. The summed E-state index contributed by atoms with van der Waals surface area (Å²) in [5, 5.41) is 6.19. The van der Waals surface area contributed by atoms with Crippen LogP contribution in [0.4, 0.5) is 5.69 Å². The summed E-state index contributed by atoms with van der Waals surface area (Å²) in [6.07, 6.45) is 7.66. The zero-order valence-electron chi connectivity index (χ0n) is 13.8. The van der Waals surface area contributed by atoms with E-state index in [0.717, 1.165) is 5.92 Å². The molecule has 0 saturated carbocycles. The molecule has 2 aromatic rings. The number of nitrogens with zero attached hydrogens (tertiary/aromatic N) is 2. The highest BCUT2D eigenvalue weighted by molar-refractivity contribution is 5.84. The van der Waals surface area contributed by atoms with Crippen molar-refractivity contribution >= 4 is 16.5 Å². The lowest BCUT2D eigenvalue weighted by Crippen LogP contribution is -2.42. The van der Waals surface area contributed by atoms with Crippen LogP contribution in [0.5, 0.6) is 0 Å². The molecule has 0 spiro atoms. The maximum atomic E-state index is 4.18. The van der Waals surface area contributed by atoms with Crippen LogP contribution in [0, 0.1) is 5.92 Å². The SMILES string of the molecule is CC(C)CCN1CCCC(Nc2ccc3cnccc3c2)C1. The molecule has 2 heterocycles. The van der Waals surface area contributed by atoms with E-state index in [2.05, 4.69) is 53.3 Å². The van der Waals surface area contributed by atoms with Crippen molar-refractivity contribution in [1.82, 2.24) is 9.88 Å². The molecular weight excluding hydrogens is 270 g/mol. The van der Waals surface area contributed by atoms with Gasteiger partial charge in [0.15, 0.2) is 0 Å². The van der Waals surface area contributed by atoms with Gasteiger partial charge in [-0.1, -0.05) is 19.9 Å². The van der Waals surface area contributed by atoms with Crippen LogP contribution < -0.4 is 5.32 Å². The van der Waals surface area contributed by atoms with Crippen LogP contribution in [0.3, 0.4) is 0 Å². The first-order valence-corrected chi connectivity index (χ1v) is 8.53. The van der Waals surface area contributed by atoms with Gasteiger partial charge in [0.1, 0.15) is 0 Å². The minimum atomic E-state index is 0.570. The number of rotatable bonds is 5. The zero-order valence-corrected chi connectivity index (χ0v) is 13.8. The molecule has 3 nitrogen and oxygen atoms in total. The molecule has 1 aromatic heterocycles. The van der Waals surface area contributed by atoms with E-state index in [1.165, 1.54) is 55.4 Å². The lowest BCUT2D eigenvalue weighted by atomic mass is 10.0. The molecule has 1 N–H and O–H groups in total. The Hall–Kier alpha value is -1.61. The van der Waals surface area contributed by atoms with E-state index < -0.39 is 0 Å². The van der Waals surface area contributed by atoms with Crippen LogP contribution in [0.2, 0.25) is 0 Å². The molecule has 1 unspecified atom stereocenters. The molecule has 0 bridgehead atoms. The second kappa shape index (κ2) is 7.10. The number of benzene rings is 1. The minimum absolute atomic E-state index is 0.570. The van der Waals surface area contributed by atoms with E-state index in [1.807, 2.05) is 12.4 Å². The maximum absolute atomic E-state index is 4.18. The van der Waals surface area contributed by atoms with Gasteiger partial charge in [0.25, 0.3) is 0 Å². The lowest BCUT2D eigenvalue weighted by Gasteiger charge is -2.34. The first kappa shape index (κ1) is 15.3. The molecule has 3 rings (SSSR count). The molecule has 1 saturated heterocycles. The highest BCUT2D eigenvalue weighted by Gasteiger charge is 2.19. The summed E-state index contributed by atoms with van der Waals surface area (Å²) in [7, 11) is 0. The number of hydrogen-bond donors (Lipinski definition) is 1. The molecule has 1 aromatic carbocycles. The molecule has 1 aliphatic rings. The van der Waals surface area contributed by atoms with Gasteiger partial charge in [0, 0.05) is 36.1 Å². The summed E-state index contributed by atoms with van der Waals surface area (Å²) in [5.41, 5.74) is 1.23. The first-order valence-electron chi connectivity index (χ1n) is 8.53. The Morgan fingerprint density at radius 1 is 1.27 bits per heavy atom. The van der Waals surface area contributed by atoms with Crippen molar-refractivity contribution in [2.45, 2.75) is 39.2 Å². The van der Waals surface area contributed by atoms with Gasteiger partial charge >= 0.3 is 0 Å². The third kappa shape index (κ3) is 3.98. The van der Waals surface area contributed by atoms with Crippen molar-refractivity contribution in [3.05, 3.63) is 36.7 Å². The van der Waals surface area contributed by atoms with Crippen LogP contribution in [-0.2, 0) is 0 Å². The maximum Gasteiger partial charge on any atom is 0.0388 e. The monoisotopic (exact) mass is 297 g/mol. The number of pyridine rings is 1. The van der Waals surface area contributed by atoms with E-state index in [9.17, 15) is 0 Å². The number of likely N-dealkylation sites (tertiary alicyclic amines) is 1. The molecule has 118 valence electrons. The smallest absolute Gasteiger partial charge is 0.0388 e. The number of aromatic nitrogens is 1. The number of nitrogens with one attached hydrogen (secondary N) is 1. The van der Waals surface area contributed by atoms with Gasteiger partial charge in [-0.2, -0.15) is 0 Å². The third-order valence-corrected chi connectivity index (χ3v) is 4.54. The highest BCUT2D eigenvalue weighted by atomic mass is 15.2. The fraction of sp³-hybridized carbons (Fsp3) is 0.526. The second-order valence-corrected chi connectivity index (χ2v) is 6.90. The molecule has 22 heavy (non-hydrogen) atoms. The second-order valence-electron chi connectivity index (χ2n) is 6.90. The molecule has 0 amide bonds. The van der Waals surface area contributed by atoms with E-state index in [4.69, 9.17) is 0 Å². The molecule has 0 aliphatic carbocycles. The molecule has 1 atom stereocenters. The first-order chi connectivity index (χ1) is 10.7. The normalized spacial score (nSPS) is 19.7. The predicted octanol–water partition coefficient (Wildman–Crippen LogP) is 4.16. The topological polar surface area (TPSA) is 28.2 Å². The molecule has 3 heteroatoms. The molecular formula is C19H27N3. The Morgan fingerprint density at radius 2 is 2.18 bits per heavy atom. The van der Waals surface area contributed by atoms with Crippen LogP contribution in [-0.4, -0.2) is 35.6 Å². The summed E-state index contributed by atoms with van der Waals surface area (Å²) in [4.78, 5) is 6.79. The van der Waals surface area contributed by atoms with E-state index in [0.29, 0.717) is 6.04 Å². The van der Waals surface area contributed by atoms with Crippen molar-refractivity contribution in [3.63, 3.8) is 0 Å². The van der Waals surface area contributed by atoms with Crippen molar-refractivity contribution in [3.8, 4) is 0 Å². The average Bonchev–Trinajstić information content (AvgIpc) is 2.53. The Labute approximate surface area is 133 Å². The Morgan fingerprint density at radius 3 is 3.05 bits per heavy atom. The van der Waals surface area contributed by atoms with Crippen LogP contribution in [0.1, 0.15) is 33.1 Å². The van der Waals surface area contributed by atoms with Gasteiger partial charge in [-0.3, -0.25) is 4.98 Å². The van der Waals surface area contributed by atoms with Gasteiger partial charge in [-0.15, -0.1) is 0 Å². The Kier molecular flexibility index (Phi) is 4.94. The van der Waals surface area contributed by atoms with Gasteiger partial charge in [-0.25, -0.2) is 0 Å². The van der Waals surface area contributed by atoms with E-state index in [-0.39, 0.29) is 0 Å². The number of hydrogen-bond acceptors (Lipinski definition) is 3. The zero-order chi connectivity index (χ0) is 15.4. The summed E-state index contributed by atoms with van der Waals surface area (Å²) < 4.78 is 0. The van der Waals surface area contributed by atoms with Gasteiger partial charge in [-0.05, 0) is 61.9 Å². The van der Waals surface area contributed by atoms with E-state index >= 15 is 0 Å². The summed E-state index contributed by atoms with van der Waals surface area (Å²) >= 11 is 0. The highest BCUT2D eigenvalue weighted by Crippen LogP contribution is 2.21. The number of fused-ring (bicyclic) bond motifs is 1. The van der Waals surface area contributed by atoms with Gasteiger partial charge < -0.3 is 10.2 Å². The standard InChI is InChI=1S/C19H27N3/c1-15(2)8-11-22-10-3-4-19(14-22)21-18-6-5-17-13-20-9-7-16(17)12-18/h5-7,9,12-13,15,19,21H,3-4,8,10-11,14H2,1-2H3. The summed E-state index contributed by atoms with van der Waals surface area (Å²) in [5.74, 6) is 0.794. The number of anilines is 1. The third-order valence-electron chi connectivity index (χ3n) is 4.54. The Balaban J connectivity index is 1.61. The number of piperidine rings is 1. The van der Waals surface area contributed by atoms with Crippen LogP contribution in [0.15, 0.2) is 36.7 Å². The van der Waals surface area contributed by atoms with Crippen molar-refractivity contribution in [2.24, 2.45) is 5.92 Å². The quantitative estimate of drug-likeness (QED) is 0.898. The lowest BCUT2D eigenvalue weighted by molar-refractivity contribution is 0.206. The largest absolute Gasteiger partial charge is 0.381 e. The fourth-order valence-corrected chi connectivity index (χ4v) is 3.23. The summed E-state index contributed by atoms with van der Waals surface area (Å²) in [6, 6.07) is 9.22. The van der Waals surface area contributed by atoms with Crippen LogP contribution >= 0.6 is 0 Å². The predicted molar refractivity (Wildman–Crippen MR) is 94.3 cm³/mol. The van der Waals surface area contributed by atoms with Crippen molar-refractivity contribution in [1.29, 1.82) is 0 Å². The Bertz CT molecular complexity index is 608. The van der Waals surface area contributed by atoms with E-state index in [1.54, 1.807) is 0 Å². The van der Waals surface area contributed by atoms with Gasteiger partial charge in [0.2, 0.25) is 0 Å². The molecule has 1 fully saturated rings. The van der Waals surface area contributed by atoms with Crippen LogP contribution in [0.25, 0.3) is 10.8 Å². The minimum Gasteiger partial charge on any atom is -0.381 e. The van der Waals surface area contributed by atoms with Crippen molar-refractivity contribution < 1.29 is 0 Å². The van der Waals surface area contributed by atoms with Gasteiger partial charge in [0.05, 0.1) is 0 Å². The average molecular weight is 297 g/mol. The fourth-order valence-electron chi connectivity index (χ4n) is 3.23. The molecule has 1 aliphatic heterocycles. The van der Waals surface area contributed by atoms with Crippen molar-refractivity contribution in [2.75, 3.05) is 25.0 Å².